The molecule has 1 heterocycles. The monoisotopic (exact) mass is 617 g/mol. The average molecular weight is 618 g/mol. The van der Waals surface area contributed by atoms with Crippen molar-refractivity contribution in [3.63, 3.8) is 0 Å². The quantitative estimate of drug-likeness (QED) is 0.458. The molecule has 7 rings (SSSR count). The molecule has 1 aliphatic heterocycles. The molecular weight excluding hydrogens is 577 g/mol. The Morgan fingerprint density at radius 2 is 1.80 bits per heavy atom. The molecule has 238 valence electrons. The van der Waals surface area contributed by atoms with Crippen LogP contribution in [-0.4, -0.2) is 59.9 Å². The standard InChI is InChI=1S/C36H40FNO7/c1-34-16-22-18-38(23-6-4-21(5-7-23)20-44-26-11-9-25(43-3)10-12-26)45-36(22,32(42)19-39)35(34,2)17-31(41)33-27-13-8-24(40)14-28(27)30(37)15-29(33)34/h4-14,22,27,29-31,33,39,41H,15-20H2,1-3H3. The molecule has 2 N–H and O–H groups in total. The smallest absolute Gasteiger partial charge is 0.193 e. The van der Waals surface area contributed by atoms with E-state index in [1.807, 2.05) is 55.5 Å². The number of hydrogen-bond donors (Lipinski definition) is 2. The molecule has 45 heavy (non-hydrogen) atoms. The largest absolute Gasteiger partial charge is 0.497 e. The third-order valence-corrected chi connectivity index (χ3v) is 12.0. The van der Waals surface area contributed by atoms with E-state index < -0.39 is 41.1 Å². The van der Waals surface area contributed by atoms with E-state index in [1.165, 1.54) is 12.2 Å². The molecule has 9 atom stereocenters. The number of fused-ring (bicyclic) bond motifs is 7. The van der Waals surface area contributed by atoms with E-state index in [2.05, 4.69) is 6.92 Å². The summed E-state index contributed by atoms with van der Waals surface area (Å²) >= 11 is 0. The van der Waals surface area contributed by atoms with Gasteiger partial charge >= 0.3 is 0 Å². The molecule has 1 saturated heterocycles. The van der Waals surface area contributed by atoms with Gasteiger partial charge < -0.3 is 19.7 Å². The van der Waals surface area contributed by atoms with E-state index in [0.717, 1.165) is 22.7 Å². The first-order chi connectivity index (χ1) is 21.5. The highest BCUT2D eigenvalue weighted by atomic mass is 19.1. The summed E-state index contributed by atoms with van der Waals surface area (Å²) in [6, 6.07) is 15.1. The summed E-state index contributed by atoms with van der Waals surface area (Å²) in [6.07, 6.45) is 3.53. The number of methoxy groups -OCH3 is 1. The molecule has 0 amide bonds. The van der Waals surface area contributed by atoms with Crippen molar-refractivity contribution in [1.82, 2.24) is 0 Å². The molecule has 4 fully saturated rings. The van der Waals surface area contributed by atoms with Crippen molar-refractivity contribution in [1.29, 1.82) is 0 Å². The van der Waals surface area contributed by atoms with Gasteiger partial charge in [-0.1, -0.05) is 32.1 Å². The first kappa shape index (κ1) is 30.1. The zero-order chi connectivity index (χ0) is 31.7. The van der Waals surface area contributed by atoms with Gasteiger partial charge in [-0.2, -0.15) is 0 Å². The van der Waals surface area contributed by atoms with E-state index in [4.69, 9.17) is 14.3 Å². The first-order valence-electron chi connectivity index (χ1n) is 15.8. The van der Waals surface area contributed by atoms with Crippen LogP contribution in [0.2, 0.25) is 0 Å². The molecule has 9 unspecified atom stereocenters. The minimum Gasteiger partial charge on any atom is -0.497 e. The third kappa shape index (κ3) is 4.34. The van der Waals surface area contributed by atoms with Gasteiger partial charge in [0.15, 0.2) is 17.2 Å². The number of allylic oxidation sites excluding steroid dienone is 4. The lowest BCUT2D eigenvalue weighted by Crippen LogP contribution is -2.66. The summed E-state index contributed by atoms with van der Waals surface area (Å²) in [5.74, 6) is -0.285. The van der Waals surface area contributed by atoms with E-state index in [0.29, 0.717) is 25.1 Å². The van der Waals surface area contributed by atoms with Crippen LogP contribution in [0.25, 0.3) is 0 Å². The summed E-state index contributed by atoms with van der Waals surface area (Å²) in [6.45, 7) is 4.21. The number of carbonyl (C=O) groups excluding carboxylic acids is 2. The maximum Gasteiger partial charge on any atom is 0.193 e. The molecule has 2 aromatic carbocycles. The van der Waals surface area contributed by atoms with Gasteiger partial charge in [0.1, 0.15) is 30.9 Å². The minimum absolute atomic E-state index is 0.178. The lowest BCUT2D eigenvalue weighted by molar-refractivity contribution is -0.210. The van der Waals surface area contributed by atoms with Gasteiger partial charge in [-0.3, -0.25) is 19.5 Å². The lowest BCUT2D eigenvalue weighted by atomic mass is 9.43. The second kappa shape index (κ2) is 10.8. The summed E-state index contributed by atoms with van der Waals surface area (Å²) in [7, 11) is 1.62. The summed E-state index contributed by atoms with van der Waals surface area (Å²) in [4.78, 5) is 32.7. The Labute approximate surface area is 262 Å². The lowest BCUT2D eigenvalue weighted by Gasteiger charge is -2.62. The Balaban J connectivity index is 1.15. The molecule has 4 aliphatic carbocycles. The SMILES string of the molecule is COc1ccc(OCc2ccc(N3CC4CC5(C)C6CC(F)C7=CC(=O)C=CC7C6C(O)CC5(C)C4(C(=O)CO)O3)cc2)cc1. The second-order valence-electron chi connectivity index (χ2n) is 13.8. The Hall–Kier alpha value is -3.53. The summed E-state index contributed by atoms with van der Waals surface area (Å²) in [5.41, 5.74) is -0.613. The van der Waals surface area contributed by atoms with E-state index in [-0.39, 0.29) is 42.3 Å². The van der Waals surface area contributed by atoms with Crippen molar-refractivity contribution >= 4 is 17.3 Å². The maximum absolute atomic E-state index is 15.8. The number of aliphatic hydroxyl groups excluding tert-OH is 2. The van der Waals surface area contributed by atoms with Gasteiger partial charge in [0, 0.05) is 17.3 Å². The highest BCUT2D eigenvalue weighted by Crippen LogP contribution is 2.74. The number of rotatable bonds is 7. The second-order valence-corrected chi connectivity index (χ2v) is 13.8. The van der Waals surface area contributed by atoms with Crippen LogP contribution in [0.15, 0.2) is 72.3 Å². The van der Waals surface area contributed by atoms with Gasteiger partial charge in [0.25, 0.3) is 0 Å². The Morgan fingerprint density at radius 1 is 1.09 bits per heavy atom. The number of aliphatic hydroxyl groups is 2. The van der Waals surface area contributed by atoms with Gasteiger partial charge in [0.2, 0.25) is 0 Å². The number of nitrogens with zero attached hydrogens (tertiary/aromatic N) is 1. The number of halogens is 1. The van der Waals surface area contributed by atoms with Crippen LogP contribution in [0.4, 0.5) is 10.1 Å². The topological polar surface area (TPSA) is 106 Å². The van der Waals surface area contributed by atoms with E-state index in [1.54, 1.807) is 18.2 Å². The molecule has 0 spiro atoms. The summed E-state index contributed by atoms with van der Waals surface area (Å²) < 4.78 is 26.9. The number of Topliss-reactive ketones (excluding diaryl/α,β-unsaturated/α-hetero) is 1. The Bertz CT molecular complexity index is 1560. The Kier molecular flexibility index (Phi) is 7.22. The zero-order valence-corrected chi connectivity index (χ0v) is 25.8. The predicted octanol–water partition coefficient (Wildman–Crippen LogP) is 4.78. The van der Waals surface area contributed by atoms with Crippen molar-refractivity contribution in [2.45, 2.75) is 57.6 Å². The number of benzene rings is 2. The van der Waals surface area contributed by atoms with Crippen molar-refractivity contribution in [2.75, 3.05) is 25.3 Å². The highest BCUT2D eigenvalue weighted by molar-refractivity contribution is 6.01. The number of hydroxylamine groups is 1. The van der Waals surface area contributed by atoms with Gasteiger partial charge in [-0.25, -0.2) is 4.39 Å². The zero-order valence-electron chi connectivity index (χ0n) is 25.8. The fourth-order valence-electron chi connectivity index (χ4n) is 9.72. The van der Waals surface area contributed by atoms with Crippen LogP contribution >= 0.6 is 0 Å². The van der Waals surface area contributed by atoms with Gasteiger partial charge in [-0.05, 0) is 96.2 Å². The van der Waals surface area contributed by atoms with Crippen molar-refractivity contribution in [2.24, 2.45) is 34.5 Å². The fraction of sp³-hybridized carbons (Fsp3) is 0.500. The number of anilines is 1. The molecule has 9 heteroatoms. The fourth-order valence-corrected chi connectivity index (χ4v) is 9.72. The Morgan fingerprint density at radius 3 is 2.49 bits per heavy atom. The van der Waals surface area contributed by atoms with Crippen LogP contribution in [-0.2, 0) is 21.0 Å². The first-order valence-corrected chi connectivity index (χ1v) is 15.8. The molecule has 0 aromatic heterocycles. The van der Waals surface area contributed by atoms with Gasteiger partial charge in [0.05, 0.1) is 25.4 Å². The molecule has 8 nitrogen and oxygen atoms in total. The molecule has 2 aromatic rings. The molecule has 0 bridgehead atoms. The maximum atomic E-state index is 15.8. The predicted molar refractivity (Wildman–Crippen MR) is 164 cm³/mol. The van der Waals surface area contributed by atoms with Crippen molar-refractivity contribution in [3.8, 4) is 11.5 Å². The normalized spacial score (nSPS) is 38.1. The summed E-state index contributed by atoms with van der Waals surface area (Å²) in [5, 5.41) is 23.8. The molecule has 3 saturated carbocycles. The van der Waals surface area contributed by atoms with Gasteiger partial charge in [-0.15, -0.1) is 0 Å². The molecular formula is C36H40FNO7. The average Bonchev–Trinajstić information content (AvgIpc) is 3.51. The van der Waals surface area contributed by atoms with Crippen LogP contribution in [0.1, 0.15) is 38.7 Å². The number of hydrogen-bond acceptors (Lipinski definition) is 8. The minimum atomic E-state index is -1.38. The van der Waals surface area contributed by atoms with Crippen LogP contribution in [0.3, 0.4) is 0 Å². The number of alkyl halides is 1. The highest BCUT2D eigenvalue weighted by Gasteiger charge is 2.79. The molecule has 0 radical (unpaired) electrons. The van der Waals surface area contributed by atoms with Crippen molar-refractivity contribution in [3.05, 3.63) is 77.9 Å². The van der Waals surface area contributed by atoms with Crippen molar-refractivity contribution < 1.29 is 38.5 Å². The molecule has 5 aliphatic rings. The number of ketones is 2. The third-order valence-electron chi connectivity index (χ3n) is 12.0. The van der Waals surface area contributed by atoms with E-state index in [9.17, 15) is 19.8 Å². The van der Waals surface area contributed by atoms with Crippen LogP contribution in [0, 0.1) is 34.5 Å². The van der Waals surface area contributed by atoms with E-state index >= 15 is 4.39 Å². The number of carbonyl (C=O) groups is 2. The van der Waals surface area contributed by atoms with Crippen LogP contribution in [0.5, 0.6) is 11.5 Å². The van der Waals surface area contributed by atoms with Crippen LogP contribution < -0.4 is 14.5 Å². The number of ether oxygens (including phenoxy) is 2.